The van der Waals surface area contributed by atoms with Gasteiger partial charge >= 0.3 is 0 Å². The van der Waals surface area contributed by atoms with E-state index in [2.05, 4.69) is 27.4 Å². The standard InChI is InChI=1S/C20H21N3OS/c1-15-14-25-19(21-15)13-22-8-10-23(11-9-22)20(24)18-7-6-16-4-2-3-5-17(16)12-18/h2-7,12,14H,8-11,13H2,1H3. The normalized spacial score (nSPS) is 15.6. The van der Waals surface area contributed by atoms with Crippen molar-refractivity contribution in [2.24, 2.45) is 0 Å². The number of aryl methyl sites for hydroxylation is 1. The predicted octanol–water partition coefficient (Wildman–Crippen LogP) is 3.56. The van der Waals surface area contributed by atoms with Crippen LogP contribution in [-0.4, -0.2) is 46.9 Å². The van der Waals surface area contributed by atoms with Crippen molar-refractivity contribution in [1.82, 2.24) is 14.8 Å². The number of hydrogen-bond donors (Lipinski definition) is 0. The molecule has 1 aliphatic rings. The molecule has 1 amide bonds. The SMILES string of the molecule is Cc1csc(CN2CCN(C(=O)c3ccc4ccccc4c3)CC2)n1. The molecule has 128 valence electrons. The van der Waals surface area contributed by atoms with Crippen LogP contribution < -0.4 is 0 Å². The molecule has 0 atom stereocenters. The van der Waals surface area contributed by atoms with Crippen molar-refractivity contribution in [3.63, 3.8) is 0 Å². The van der Waals surface area contributed by atoms with Crippen LogP contribution in [0.15, 0.2) is 47.8 Å². The van der Waals surface area contributed by atoms with Crippen LogP contribution in [0.4, 0.5) is 0 Å². The number of piperazine rings is 1. The maximum Gasteiger partial charge on any atom is 0.253 e. The van der Waals surface area contributed by atoms with Gasteiger partial charge in [-0.15, -0.1) is 11.3 Å². The Bertz CT molecular complexity index is 897. The van der Waals surface area contributed by atoms with Crippen molar-refractivity contribution in [1.29, 1.82) is 0 Å². The second kappa shape index (κ2) is 6.94. The predicted molar refractivity (Wildman–Crippen MR) is 102 cm³/mol. The van der Waals surface area contributed by atoms with Gasteiger partial charge in [0, 0.05) is 42.8 Å². The molecule has 4 rings (SSSR count). The van der Waals surface area contributed by atoms with Gasteiger partial charge < -0.3 is 4.90 Å². The van der Waals surface area contributed by atoms with Gasteiger partial charge in [-0.2, -0.15) is 0 Å². The monoisotopic (exact) mass is 351 g/mol. The second-order valence-electron chi connectivity index (χ2n) is 6.51. The minimum atomic E-state index is 0.135. The van der Waals surface area contributed by atoms with Crippen LogP contribution in [0.25, 0.3) is 10.8 Å². The first kappa shape index (κ1) is 16.2. The molecule has 4 nitrogen and oxygen atoms in total. The lowest BCUT2D eigenvalue weighted by atomic mass is 10.1. The fraction of sp³-hybridized carbons (Fsp3) is 0.300. The molecule has 0 unspecified atom stereocenters. The molecule has 0 saturated carbocycles. The first-order valence-corrected chi connectivity index (χ1v) is 9.48. The van der Waals surface area contributed by atoms with E-state index < -0.39 is 0 Å². The third-order valence-electron chi connectivity index (χ3n) is 4.68. The van der Waals surface area contributed by atoms with Crippen LogP contribution in [0.5, 0.6) is 0 Å². The fourth-order valence-electron chi connectivity index (χ4n) is 3.28. The van der Waals surface area contributed by atoms with Crippen molar-refractivity contribution >= 4 is 28.0 Å². The summed E-state index contributed by atoms with van der Waals surface area (Å²) in [6, 6.07) is 14.1. The van der Waals surface area contributed by atoms with Gasteiger partial charge in [-0.05, 0) is 29.8 Å². The average Bonchev–Trinajstić information content (AvgIpc) is 3.06. The maximum atomic E-state index is 12.8. The Morgan fingerprint density at radius 2 is 1.84 bits per heavy atom. The van der Waals surface area contributed by atoms with Crippen LogP contribution in [0, 0.1) is 6.92 Å². The summed E-state index contributed by atoms with van der Waals surface area (Å²) in [7, 11) is 0. The van der Waals surface area contributed by atoms with Gasteiger partial charge in [0.15, 0.2) is 0 Å². The molecule has 0 bridgehead atoms. The highest BCUT2D eigenvalue weighted by atomic mass is 32.1. The summed E-state index contributed by atoms with van der Waals surface area (Å²) in [5.74, 6) is 0.135. The molecule has 0 N–H and O–H groups in total. The van der Waals surface area contributed by atoms with E-state index in [0.29, 0.717) is 0 Å². The zero-order chi connectivity index (χ0) is 17.2. The number of benzene rings is 2. The molecule has 2 aromatic carbocycles. The highest BCUT2D eigenvalue weighted by Crippen LogP contribution is 2.18. The van der Waals surface area contributed by atoms with Gasteiger partial charge in [-0.1, -0.05) is 30.3 Å². The third kappa shape index (κ3) is 3.57. The lowest BCUT2D eigenvalue weighted by Gasteiger charge is -2.34. The molecule has 0 spiro atoms. The molecule has 0 radical (unpaired) electrons. The highest BCUT2D eigenvalue weighted by molar-refractivity contribution is 7.09. The summed E-state index contributed by atoms with van der Waals surface area (Å²) in [5.41, 5.74) is 1.87. The molecule has 1 aromatic heterocycles. The van der Waals surface area contributed by atoms with Crippen LogP contribution in [0.1, 0.15) is 21.1 Å². The van der Waals surface area contributed by atoms with E-state index in [0.717, 1.165) is 54.4 Å². The number of thiazole rings is 1. The Labute approximate surface area is 151 Å². The molecule has 1 aliphatic heterocycles. The topological polar surface area (TPSA) is 36.4 Å². The number of fused-ring (bicyclic) bond motifs is 1. The number of amides is 1. The van der Waals surface area contributed by atoms with E-state index in [1.54, 1.807) is 11.3 Å². The third-order valence-corrected chi connectivity index (χ3v) is 5.63. The van der Waals surface area contributed by atoms with Gasteiger partial charge in [0.2, 0.25) is 0 Å². The molecule has 3 aromatic rings. The zero-order valence-corrected chi connectivity index (χ0v) is 15.1. The number of hydrogen-bond acceptors (Lipinski definition) is 4. The quantitative estimate of drug-likeness (QED) is 0.724. The number of nitrogens with zero attached hydrogens (tertiary/aromatic N) is 3. The zero-order valence-electron chi connectivity index (χ0n) is 14.3. The van der Waals surface area contributed by atoms with Crippen LogP contribution >= 0.6 is 11.3 Å². The largest absolute Gasteiger partial charge is 0.336 e. The summed E-state index contributed by atoms with van der Waals surface area (Å²) >= 11 is 1.71. The van der Waals surface area contributed by atoms with E-state index in [1.807, 2.05) is 42.2 Å². The van der Waals surface area contributed by atoms with E-state index in [4.69, 9.17) is 0 Å². The number of rotatable bonds is 3. The molecule has 0 aliphatic carbocycles. The molecule has 1 fully saturated rings. The first-order valence-electron chi connectivity index (χ1n) is 8.60. The summed E-state index contributed by atoms with van der Waals surface area (Å²) in [4.78, 5) is 21.7. The summed E-state index contributed by atoms with van der Waals surface area (Å²) in [5, 5.41) is 5.54. The van der Waals surface area contributed by atoms with Crippen LogP contribution in [-0.2, 0) is 6.54 Å². The number of carbonyl (C=O) groups excluding carboxylic acids is 1. The Morgan fingerprint density at radius 1 is 1.08 bits per heavy atom. The smallest absolute Gasteiger partial charge is 0.253 e. The Hall–Kier alpha value is -2.24. The van der Waals surface area contributed by atoms with Crippen molar-refractivity contribution in [2.75, 3.05) is 26.2 Å². The summed E-state index contributed by atoms with van der Waals surface area (Å²) in [6.07, 6.45) is 0. The van der Waals surface area contributed by atoms with Crippen molar-refractivity contribution in [2.45, 2.75) is 13.5 Å². The Morgan fingerprint density at radius 3 is 2.56 bits per heavy atom. The van der Waals surface area contributed by atoms with Gasteiger partial charge in [0.25, 0.3) is 5.91 Å². The molecule has 1 saturated heterocycles. The van der Waals surface area contributed by atoms with Crippen molar-refractivity contribution in [3.8, 4) is 0 Å². The van der Waals surface area contributed by atoms with E-state index in [9.17, 15) is 4.79 Å². The van der Waals surface area contributed by atoms with E-state index >= 15 is 0 Å². The molecular formula is C20H21N3OS. The van der Waals surface area contributed by atoms with Gasteiger partial charge in [0.1, 0.15) is 5.01 Å². The minimum absolute atomic E-state index is 0.135. The average molecular weight is 351 g/mol. The Balaban J connectivity index is 1.40. The van der Waals surface area contributed by atoms with Crippen LogP contribution in [0.2, 0.25) is 0 Å². The molecule has 2 heterocycles. The summed E-state index contributed by atoms with van der Waals surface area (Å²) in [6.45, 7) is 6.26. The second-order valence-corrected chi connectivity index (χ2v) is 7.46. The fourth-order valence-corrected chi connectivity index (χ4v) is 4.09. The molecule has 5 heteroatoms. The maximum absolute atomic E-state index is 12.8. The highest BCUT2D eigenvalue weighted by Gasteiger charge is 2.22. The molecule has 25 heavy (non-hydrogen) atoms. The molecular weight excluding hydrogens is 330 g/mol. The van der Waals surface area contributed by atoms with Crippen molar-refractivity contribution in [3.05, 3.63) is 64.1 Å². The first-order chi connectivity index (χ1) is 12.2. The van der Waals surface area contributed by atoms with Crippen molar-refractivity contribution < 1.29 is 4.79 Å². The van der Waals surface area contributed by atoms with E-state index in [-0.39, 0.29) is 5.91 Å². The summed E-state index contributed by atoms with van der Waals surface area (Å²) < 4.78 is 0. The van der Waals surface area contributed by atoms with Gasteiger partial charge in [-0.3, -0.25) is 9.69 Å². The minimum Gasteiger partial charge on any atom is -0.336 e. The van der Waals surface area contributed by atoms with Crippen LogP contribution in [0.3, 0.4) is 0 Å². The number of aromatic nitrogens is 1. The number of carbonyl (C=O) groups is 1. The lowest BCUT2D eigenvalue weighted by Crippen LogP contribution is -2.48. The van der Waals surface area contributed by atoms with E-state index in [1.165, 1.54) is 5.39 Å². The van der Waals surface area contributed by atoms with Gasteiger partial charge in [0.05, 0.1) is 6.54 Å². The Kier molecular flexibility index (Phi) is 4.51. The van der Waals surface area contributed by atoms with Gasteiger partial charge in [-0.25, -0.2) is 4.98 Å². The lowest BCUT2D eigenvalue weighted by molar-refractivity contribution is 0.0628.